The van der Waals surface area contributed by atoms with E-state index in [1.165, 1.54) is 12.0 Å². The van der Waals surface area contributed by atoms with E-state index in [1.54, 1.807) is 13.8 Å². The van der Waals surface area contributed by atoms with Crippen LogP contribution in [0.15, 0.2) is 48.5 Å². The quantitative estimate of drug-likeness (QED) is 0.522. The van der Waals surface area contributed by atoms with Crippen LogP contribution in [0.1, 0.15) is 43.7 Å². The smallest absolute Gasteiger partial charge is 0.407 e. The van der Waals surface area contributed by atoms with Gasteiger partial charge >= 0.3 is 12.1 Å². The lowest BCUT2D eigenvalue weighted by atomic mass is 9.98. The first kappa shape index (κ1) is 25.2. The van der Waals surface area contributed by atoms with Crippen LogP contribution in [0, 0.1) is 0 Å². The van der Waals surface area contributed by atoms with E-state index < -0.39 is 18.1 Å². The van der Waals surface area contributed by atoms with Crippen molar-refractivity contribution in [2.45, 2.75) is 44.7 Å². The molecule has 0 heterocycles. The number of carboxylic acids is 1. The molecule has 1 unspecified atom stereocenters. The van der Waals surface area contributed by atoms with E-state index >= 15 is 0 Å². The molecule has 0 saturated carbocycles. The van der Waals surface area contributed by atoms with Crippen LogP contribution in [-0.2, 0) is 19.1 Å². The highest BCUT2D eigenvalue weighted by molar-refractivity contribution is 5.86. The Morgan fingerprint density at radius 2 is 1.62 bits per heavy atom. The van der Waals surface area contributed by atoms with Crippen molar-refractivity contribution in [1.29, 1.82) is 0 Å². The van der Waals surface area contributed by atoms with Gasteiger partial charge in [-0.25, -0.2) is 4.79 Å². The van der Waals surface area contributed by atoms with E-state index in [0.29, 0.717) is 0 Å². The number of carboxylic acid groups (broad SMARTS) is 1. The second-order valence-electron chi connectivity index (χ2n) is 8.57. The van der Waals surface area contributed by atoms with Gasteiger partial charge in [-0.2, -0.15) is 0 Å². The number of alkyl carbamates (subject to hydrolysis) is 1. The molecular weight excluding hydrogens is 436 g/mol. The number of carbonyl (C=O) groups excluding carboxylic acids is 2. The van der Waals surface area contributed by atoms with Crippen molar-refractivity contribution in [2.24, 2.45) is 0 Å². The third-order valence-corrected chi connectivity index (χ3v) is 6.02. The van der Waals surface area contributed by atoms with Crippen LogP contribution < -0.4 is 5.32 Å². The van der Waals surface area contributed by atoms with Gasteiger partial charge in [-0.05, 0) is 36.1 Å². The molecule has 0 aliphatic heterocycles. The zero-order chi connectivity index (χ0) is 24.7. The van der Waals surface area contributed by atoms with Crippen molar-refractivity contribution in [3.8, 4) is 11.1 Å². The van der Waals surface area contributed by atoms with Gasteiger partial charge in [0.25, 0.3) is 0 Å². The van der Waals surface area contributed by atoms with E-state index in [4.69, 9.17) is 14.6 Å². The molecule has 0 bridgehead atoms. The Morgan fingerprint density at radius 1 is 1.03 bits per heavy atom. The Kier molecular flexibility index (Phi) is 8.65. The molecule has 0 fully saturated rings. The maximum absolute atomic E-state index is 13.1. The first-order valence-electron chi connectivity index (χ1n) is 11.5. The van der Waals surface area contributed by atoms with Crippen LogP contribution in [-0.4, -0.2) is 66.9 Å². The lowest BCUT2D eigenvalue weighted by molar-refractivity contribution is -0.140. The fourth-order valence-corrected chi connectivity index (χ4v) is 4.31. The molecule has 2 aromatic carbocycles. The Hall–Kier alpha value is -3.39. The molecule has 0 spiro atoms. The van der Waals surface area contributed by atoms with Gasteiger partial charge in [-0.3, -0.25) is 9.59 Å². The number of benzene rings is 2. The SMILES string of the molecule is COCCC(NC(=O)OCC1c2ccccc2-c2ccccc21)C(=O)N(CCC(=O)O)C(C)C. The molecule has 8 nitrogen and oxygen atoms in total. The Labute approximate surface area is 199 Å². The highest BCUT2D eigenvalue weighted by Crippen LogP contribution is 2.44. The lowest BCUT2D eigenvalue weighted by Gasteiger charge is -2.30. The predicted molar refractivity (Wildman–Crippen MR) is 128 cm³/mol. The molecule has 0 saturated heterocycles. The number of methoxy groups -OCH3 is 1. The highest BCUT2D eigenvalue weighted by atomic mass is 16.5. The van der Waals surface area contributed by atoms with Gasteiger partial charge in [0.05, 0.1) is 6.42 Å². The minimum Gasteiger partial charge on any atom is -0.481 e. The van der Waals surface area contributed by atoms with Gasteiger partial charge in [0.1, 0.15) is 12.6 Å². The van der Waals surface area contributed by atoms with Crippen molar-refractivity contribution in [3.05, 3.63) is 59.7 Å². The van der Waals surface area contributed by atoms with E-state index in [1.807, 2.05) is 36.4 Å². The summed E-state index contributed by atoms with van der Waals surface area (Å²) in [6.07, 6.45) is -0.625. The van der Waals surface area contributed by atoms with Crippen LogP contribution in [0.2, 0.25) is 0 Å². The van der Waals surface area contributed by atoms with Gasteiger partial charge in [0.2, 0.25) is 5.91 Å². The van der Waals surface area contributed by atoms with Crippen LogP contribution >= 0.6 is 0 Å². The number of aliphatic carboxylic acids is 1. The van der Waals surface area contributed by atoms with E-state index in [9.17, 15) is 14.4 Å². The highest BCUT2D eigenvalue weighted by Gasteiger charge is 2.31. The van der Waals surface area contributed by atoms with Crippen LogP contribution in [0.5, 0.6) is 0 Å². The van der Waals surface area contributed by atoms with Gasteiger partial charge in [0, 0.05) is 38.6 Å². The number of ether oxygens (including phenoxy) is 2. The van der Waals surface area contributed by atoms with E-state index in [0.717, 1.165) is 22.3 Å². The van der Waals surface area contributed by atoms with Gasteiger partial charge in [-0.15, -0.1) is 0 Å². The predicted octanol–water partition coefficient (Wildman–Crippen LogP) is 3.64. The lowest BCUT2D eigenvalue weighted by Crippen LogP contribution is -2.51. The van der Waals surface area contributed by atoms with Crippen molar-refractivity contribution in [1.82, 2.24) is 10.2 Å². The van der Waals surface area contributed by atoms with E-state index in [2.05, 4.69) is 17.4 Å². The number of amides is 2. The van der Waals surface area contributed by atoms with Gasteiger partial charge in [0.15, 0.2) is 0 Å². The first-order valence-corrected chi connectivity index (χ1v) is 11.5. The van der Waals surface area contributed by atoms with Crippen LogP contribution in [0.4, 0.5) is 4.79 Å². The number of carbonyl (C=O) groups is 3. The molecule has 182 valence electrons. The molecule has 2 amide bonds. The van der Waals surface area contributed by atoms with Crippen molar-refractivity contribution in [3.63, 3.8) is 0 Å². The minimum atomic E-state index is -0.989. The molecule has 0 radical (unpaired) electrons. The molecular formula is C26H32N2O6. The molecule has 34 heavy (non-hydrogen) atoms. The maximum atomic E-state index is 13.1. The summed E-state index contributed by atoms with van der Waals surface area (Å²) in [5, 5.41) is 11.7. The fraction of sp³-hybridized carbons (Fsp3) is 0.423. The summed E-state index contributed by atoms with van der Waals surface area (Å²) in [7, 11) is 1.51. The minimum absolute atomic E-state index is 0.0572. The van der Waals surface area contributed by atoms with E-state index in [-0.39, 0.29) is 50.5 Å². The average molecular weight is 469 g/mol. The standard InChI is InChI=1S/C26H32N2O6/c1-17(2)28(14-12-24(29)30)25(31)23(13-15-33-3)27-26(32)34-16-22-20-10-6-4-8-18(20)19-9-5-7-11-21(19)22/h4-11,17,22-23H,12-16H2,1-3H3,(H,27,32)(H,29,30). The number of fused-ring (bicyclic) bond motifs is 3. The largest absolute Gasteiger partial charge is 0.481 e. The summed E-state index contributed by atoms with van der Waals surface area (Å²) in [5.74, 6) is -1.44. The van der Waals surface area contributed by atoms with Gasteiger partial charge < -0.3 is 24.8 Å². The summed E-state index contributed by atoms with van der Waals surface area (Å²) in [6, 6.07) is 15.0. The Bertz CT molecular complexity index is 976. The number of hydrogen-bond acceptors (Lipinski definition) is 5. The van der Waals surface area contributed by atoms with Crippen molar-refractivity contribution >= 4 is 18.0 Å². The molecule has 3 rings (SSSR count). The Balaban J connectivity index is 1.68. The van der Waals surface area contributed by atoms with Crippen molar-refractivity contribution < 1.29 is 29.0 Å². The summed E-state index contributed by atoms with van der Waals surface area (Å²) in [5.41, 5.74) is 4.46. The molecule has 8 heteroatoms. The molecule has 1 atom stereocenters. The molecule has 1 aliphatic carbocycles. The number of rotatable bonds is 11. The molecule has 0 aromatic heterocycles. The summed E-state index contributed by atoms with van der Waals surface area (Å²) in [4.78, 5) is 38.3. The average Bonchev–Trinajstić information content (AvgIpc) is 3.13. The number of nitrogens with one attached hydrogen (secondary N) is 1. The van der Waals surface area contributed by atoms with Crippen molar-refractivity contribution in [2.75, 3.05) is 26.9 Å². The monoisotopic (exact) mass is 468 g/mol. The summed E-state index contributed by atoms with van der Waals surface area (Å²) < 4.78 is 10.7. The topological polar surface area (TPSA) is 105 Å². The molecule has 2 aromatic rings. The van der Waals surface area contributed by atoms with Crippen LogP contribution in [0.25, 0.3) is 11.1 Å². The Morgan fingerprint density at radius 3 is 2.15 bits per heavy atom. The molecule has 1 aliphatic rings. The summed E-state index contributed by atoms with van der Waals surface area (Å²) >= 11 is 0. The van der Waals surface area contributed by atoms with Gasteiger partial charge in [-0.1, -0.05) is 48.5 Å². The fourth-order valence-electron chi connectivity index (χ4n) is 4.31. The third-order valence-electron chi connectivity index (χ3n) is 6.02. The maximum Gasteiger partial charge on any atom is 0.407 e. The third kappa shape index (κ3) is 5.94. The zero-order valence-electron chi connectivity index (χ0n) is 19.8. The second kappa shape index (κ2) is 11.7. The first-order chi connectivity index (χ1) is 16.3. The second-order valence-corrected chi connectivity index (χ2v) is 8.57. The summed E-state index contributed by atoms with van der Waals surface area (Å²) in [6.45, 7) is 4.06. The normalized spacial score (nSPS) is 13.2. The number of nitrogens with zero attached hydrogens (tertiary/aromatic N) is 1. The van der Waals surface area contributed by atoms with Crippen LogP contribution in [0.3, 0.4) is 0 Å². The molecule has 2 N–H and O–H groups in total. The number of hydrogen-bond donors (Lipinski definition) is 2. The zero-order valence-corrected chi connectivity index (χ0v) is 19.8.